The van der Waals surface area contributed by atoms with Crippen LogP contribution in [0.2, 0.25) is 5.02 Å². The average molecular weight is 385 g/mol. The first kappa shape index (κ1) is 17.9. The van der Waals surface area contributed by atoms with E-state index in [-0.39, 0.29) is 19.1 Å². The standard InChI is InChI=1S/C21H21ClN2O3/c1-21(16-9-8-14-4-2-5-15(14)12-16)19(25)24(20(26)23-21)10-11-27-18-7-3-6-17(22)13-18/h3,6-9,12-13H,2,4-5,10-11H2,1H3,(H,23,26). The largest absolute Gasteiger partial charge is 0.492 e. The van der Waals surface area contributed by atoms with Gasteiger partial charge in [0, 0.05) is 5.02 Å². The Morgan fingerprint density at radius 3 is 2.78 bits per heavy atom. The number of amides is 3. The number of carbonyl (C=O) groups excluding carboxylic acids is 2. The number of nitrogens with zero attached hydrogens (tertiary/aromatic N) is 1. The molecule has 1 unspecified atom stereocenters. The lowest BCUT2D eigenvalue weighted by molar-refractivity contribution is -0.131. The highest BCUT2D eigenvalue weighted by Gasteiger charge is 2.49. The Morgan fingerprint density at radius 2 is 1.96 bits per heavy atom. The van der Waals surface area contributed by atoms with Gasteiger partial charge >= 0.3 is 6.03 Å². The van der Waals surface area contributed by atoms with Gasteiger partial charge in [-0.15, -0.1) is 0 Å². The number of halogens is 1. The molecule has 0 spiro atoms. The monoisotopic (exact) mass is 384 g/mol. The lowest BCUT2D eigenvalue weighted by atomic mass is 9.90. The molecular weight excluding hydrogens is 364 g/mol. The van der Waals surface area contributed by atoms with Gasteiger partial charge in [-0.25, -0.2) is 4.79 Å². The number of fused-ring (bicyclic) bond motifs is 1. The van der Waals surface area contributed by atoms with Crippen LogP contribution in [-0.2, 0) is 23.2 Å². The van der Waals surface area contributed by atoms with Crippen LogP contribution in [0.3, 0.4) is 0 Å². The molecule has 1 fully saturated rings. The smallest absolute Gasteiger partial charge is 0.325 e. The van der Waals surface area contributed by atoms with Gasteiger partial charge in [-0.05, 0) is 61.1 Å². The molecule has 1 N–H and O–H groups in total. The summed E-state index contributed by atoms with van der Waals surface area (Å²) in [5.74, 6) is 0.357. The third-order valence-corrected chi connectivity index (χ3v) is 5.57. The van der Waals surface area contributed by atoms with E-state index in [0.29, 0.717) is 10.8 Å². The van der Waals surface area contributed by atoms with E-state index < -0.39 is 11.6 Å². The second kappa shape index (κ2) is 6.89. The van der Waals surface area contributed by atoms with Crippen molar-refractivity contribution in [2.75, 3.05) is 13.2 Å². The number of aryl methyl sites for hydroxylation is 2. The minimum Gasteiger partial charge on any atom is -0.492 e. The average Bonchev–Trinajstić information content (AvgIpc) is 3.20. The Labute approximate surface area is 163 Å². The van der Waals surface area contributed by atoms with Crippen molar-refractivity contribution in [3.63, 3.8) is 0 Å². The number of benzene rings is 2. The highest BCUT2D eigenvalue weighted by Crippen LogP contribution is 2.32. The number of carbonyl (C=O) groups is 2. The third kappa shape index (κ3) is 3.28. The van der Waals surface area contributed by atoms with Crippen molar-refractivity contribution in [2.24, 2.45) is 0 Å². The van der Waals surface area contributed by atoms with E-state index in [4.69, 9.17) is 16.3 Å². The van der Waals surface area contributed by atoms with Crippen LogP contribution in [0.5, 0.6) is 5.75 Å². The summed E-state index contributed by atoms with van der Waals surface area (Å²) in [5.41, 5.74) is 2.41. The van der Waals surface area contributed by atoms with Gasteiger partial charge in [0.15, 0.2) is 0 Å². The highest BCUT2D eigenvalue weighted by atomic mass is 35.5. The summed E-state index contributed by atoms with van der Waals surface area (Å²) in [4.78, 5) is 26.6. The first-order valence-electron chi connectivity index (χ1n) is 9.12. The van der Waals surface area contributed by atoms with Gasteiger partial charge in [0.1, 0.15) is 17.9 Å². The first-order chi connectivity index (χ1) is 13.0. The van der Waals surface area contributed by atoms with Crippen LogP contribution in [-0.4, -0.2) is 30.0 Å². The van der Waals surface area contributed by atoms with Crippen LogP contribution in [0.25, 0.3) is 0 Å². The molecule has 1 heterocycles. The van der Waals surface area contributed by atoms with Gasteiger partial charge in [-0.2, -0.15) is 0 Å². The molecule has 1 aliphatic heterocycles. The Morgan fingerprint density at radius 1 is 1.15 bits per heavy atom. The fourth-order valence-corrected chi connectivity index (χ4v) is 3.97. The van der Waals surface area contributed by atoms with Gasteiger partial charge < -0.3 is 10.1 Å². The molecule has 2 aromatic rings. The zero-order valence-electron chi connectivity index (χ0n) is 15.1. The number of urea groups is 1. The Hall–Kier alpha value is -2.53. The molecule has 6 heteroatoms. The lowest BCUT2D eigenvalue weighted by Crippen LogP contribution is -2.41. The molecule has 140 valence electrons. The van der Waals surface area contributed by atoms with E-state index in [2.05, 4.69) is 17.4 Å². The molecule has 5 nitrogen and oxygen atoms in total. The van der Waals surface area contributed by atoms with E-state index in [1.54, 1.807) is 31.2 Å². The molecular formula is C21H21ClN2O3. The van der Waals surface area contributed by atoms with Gasteiger partial charge in [0.05, 0.1) is 6.54 Å². The van der Waals surface area contributed by atoms with Gasteiger partial charge in [-0.1, -0.05) is 35.9 Å². The van der Waals surface area contributed by atoms with E-state index in [0.717, 1.165) is 24.8 Å². The van der Waals surface area contributed by atoms with Crippen molar-refractivity contribution >= 4 is 23.5 Å². The van der Waals surface area contributed by atoms with Crippen molar-refractivity contribution in [1.29, 1.82) is 0 Å². The van der Waals surface area contributed by atoms with Crippen molar-refractivity contribution in [3.05, 3.63) is 64.2 Å². The van der Waals surface area contributed by atoms with Crippen LogP contribution in [0.15, 0.2) is 42.5 Å². The summed E-state index contributed by atoms with van der Waals surface area (Å²) >= 11 is 5.93. The number of nitrogens with one attached hydrogen (secondary N) is 1. The minimum atomic E-state index is -1.04. The third-order valence-electron chi connectivity index (χ3n) is 5.33. The zero-order valence-corrected chi connectivity index (χ0v) is 15.9. The summed E-state index contributed by atoms with van der Waals surface area (Å²) in [6, 6.07) is 12.7. The Bertz CT molecular complexity index is 914. The highest BCUT2D eigenvalue weighted by molar-refractivity contribution is 6.30. The van der Waals surface area contributed by atoms with Crippen LogP contribution in [0, 0.1) is 0 Å². The minimum absolute atomic E-state index is 0.178. The molecule has 2 aromatic carbocycles. The molecule has 27 heavy (non-hydrogen) atoms. The number of imide groups is 1. The number of hydrogen-bond donors (Lipinski definition) is 1. The second-order valence-corrected chi connectivity index (χ2v) is 7.59. The molecule has 0 radical (unpaired) electrons. The fraction of sp³-hybridized carbons (Fsp3) is 0.333. The van der Waals surface area contributed by atoms with E-state index in [9.17, 15) is 9.59 Å². The number of ether oxygens (including phenoxy) is 1. The quantitative estimate of drug-likeness (QED) is 0.800. The summed E-state index contributed by atoms with van der Waals surface area (Å²) in [7, 11) is 0. The van der Waals surface area contributed by atoms with Crippen molar-refractivity contribution in [1.82, 2.24) is 10.2 Å². The van der Waals surface area contributed by atoms with Crippen LogP contribution in [0.4, 0.5) is 4.79 Å². The first-order valence-corrected chi connectivity index (χ1v) is 9.50. The van der Waals surface area contributed by atoms with Crippen LogP contribution < -0.4 is 10.1 Å². The van der Waals surface area contributed by atoms with E-state index in [1.807, 2.05) is 6.07 Å². The van der Waals surface area contributed by atoms with Crippen molar-refractivity contribution < 1.29 is 14.3 Å². The number of hydrogen-bond acceptors (Lipinski definition) is 3. The Balaban J connectivity index is 1.46. The second-order valence-electron chi connectivity index (χ2n) is 7.15. The SMILES string of the molecule is CC1(c2ccc3c(c2)CCC3)NC(=O)N(CCOc2cccc(Cl)c2)C1=O. The van der Waals surface area contributed by atoms with Crippen LogP contribution in [0.1, 0.15) is 30.0 Å². The van der Waals surface area contributed by atoms with Gasteiger partial charge in [0.25, 0.3) is 5.91 Å². The maximum absolute atomic E-state index is 13.0. The molecule has 4 rings (SSSR count). The van der Waals surface area contributed by atoms with Crippen molar-refractivity contribution in [2.45, 2.75) is 31.7 Å². The predicted octanol–water partition coefficient (Wildman–Crippen LogP) is 3.67. The lowest BCUT2D eigenvalue weighted by Gasteiger charge is -2.23. The molecule has 1 aliphatic carbocycles. The molecule has 0 aromatic heterocycles. The molecule has 0 saturated carbocycles. The summed E-state index contributed by atoms with van der Waals surface area (Å²) in [5, 5.41) is 3.43. The molecule has 2 aliphatic rings. The normalized spacial score (nSPS) is 21.3. The van der Waals surface area contributed by atoms with Gasteiger partial charge in [-0.3, -0.25) is 9.69 Å². The number of rotatable bonds is 5. The molecule has 1 atom stereocenters. The maximum atomic E-state index is 13.0. The van der Waals surface area contributed by atoms with Crippen molar-refractivity contribution in [3.8, 4) is 5.75 Å². The summed E-state index contributed by atoms with van der Waals surface area (Å²) < 4.78 is 5.62. The van der Waals surface area contributed by atoms with Crippen LogP contribution >= 0.6 is 11.6 Å². The van der Waals surface area contributed by atoms with Gasteiger partial charge in [0.2, 0.25) is 0 Å². The molecule has 1 saturated heterocycles. The maximum Gasteiger partial charge on any atom is 0.325 e. The van der Waals surface area contributed by atoms with E-state index in [1.165, 1.54) is 16.0 Å². The Kier molecular flexibility index (Phi) is 4.56. The topological polar surface area (TPSA) is 58.6 Å². The zero-order chi connectivity index (χ0) is 19.0. The molecule has 0 bridgehead atoms. The predicted molar refractivity (Wildman–Crippen MR) is 103 cm³/mol. The molecule has 3 amide bonds. The summed E-state index contributed by atoms with van der Waals surface area (Å²) in [6.07, 6.45) is 3.25. The summed E-state index contributed by atoms with van der Waals surface area (Å²) in [6.45, 7) is 2.15. The fourth-order valence-electron chi connectivity index (χ4n) is 3.79. The van der Waals surface area contributed by atoms with E-state index >= 15 is 0 Å².